The third-order valence-corrected chi connectivity index (χ3v) is 4.44. The largest absolute Gasteiger partial charge is 0.462 e. The van der Waals surface area contributed by atoms with Crippen LogP contribution in [0.25, 0.3) is 11.3 Å². The quantitative estimate of drug-likeness (QED) is 0.200. The van der Waals surface area contributed by atoms with E-state index in [0.29, 0.717) is 28.8 Å². The predicted octanol–water partition coefficient (Wildman–Crippen LogP) is 3.16. The van der Waals surface area contributed by atoms with Gasteiger partial charge in [0, 0.05) is 18.0 Å². The normalized spacial score (nSPS) is 10.8. The van der Waals surface area contributed by atoms with Gasteiger partial charge in [-0.15, -0.1) is 0 Å². The molecule has 0 spiro atoms. The summed E-state index contributed by atoms with van der Waals surface area (Å²) in [5, 5.41) is 4.41. The van der Waals surface area contributed by atoms with Gasteiger partial charge in [0.05, 0.1) is 24.1 Å². The van der Waals surface area contributed by atoms with E-state index in [-0.39, 0.29) is 17.6 Å². The molecule has 8 nitrogen and oxygen atoms in total. The van der Waals surface area contributed by atoms with Crippen LogP contribution in [0.5, 0.6) is 0 Å². The van der Waals surface area contributed by atoms with Crippen molar-refractivity contribution in [2.45, 2.75) is 12.1 Å². The summed E-state index contributed by atoms with van der Waals surface area (Å²) in [6.07, 6.45) is 4.65. The highest BCUT2D eigenvalue weighted by molar-refractivity contribution is 7.99. The van der Waals surface area contributed by atoms with Crippen LogP contribution in [0.15, 0.2) is 69.5 Å². The number of carbonyl (C=O) groups excluding carboxylic acids is 2. The predicted molar refractivity (Wildman–Crippen MR) is 109 cm³/mol. The molecule has 1 aromatic carbocycles. The zero-order chi connectivity index (χ0) is 20.5. The first-order chi connectivity index (χ1) is 14.2. The first kappa shape index (κ1) is 20.3. The van der Waals surface area contributed by atoms with E-state index in [9.17, 15) is 9.59 Å². The Morgan fingerprint density at radius 1 is 1.17 bits per heavy atom. The van der Waals surface area contributed by atoms with Crippen molar-refractivity contribution in [3.05, 3.63) is 66.2 Å². The Morgan fingerprint density at radius 3 is 2.66 bits per heavy atom. The number of aromatic nitrogens is 2. The molecule has 0 saturated heterocycles. The van der Waals surface area contributed by atoms with E-state index < -0.39 is 0 Å². The lowest BCUT2D eigenvalue weighted by atomic mass is 10.1. The van der Waals surface area contributed by atoms with Gasteiger partial charge in [0.1, 0.15) is 11.5 Å². The maximum absolute atomic E-state index is 11.8. The molecule has 0 aliphatic rings. The highest BCUT2D eigenvalue weighted by Crippen LogP contribution is 2.22. The lowest BCUT2D eigenvalue weighted by Crippen LogP contribution is -2.19. The molecule has 1 N–H and O–H groups in total. The molecule has 2 aromatic heterocycles. The van der Waals surface area contributed by atoms with Gasteiger partial charge >= 0.3 is 5.97 Å². The van der Waals surface area contributed by atoms with Gasteiger partial charge in [0.15, 0.2) is 5.16 Å². The first-order valence-corrected chi connectivity index (χ1v) is 9.73. The maximum Gasteiger partial charge on any atom is 0.338 e. The van der Waals surface area contributed by atoms with Crippen LogP contribution in [-0.4, -0.2) is 40.4 Å². The second-order valence-corrected chi connectivity index (χ2v) is 6.56. The molecule has 0 saturated carbocycles. The molecule has 3 rings (SSSR count). The van der Waals surface area contributed by atoms with Crippen LogP contribution in [-0.2, 0) is 9.53 Å². The molecule has 29 heavy (non-hydrogen) atoms. The second kappa shape index (κ2) is 10.2. The van der Waals surface area contributed by atoms with Crippen molar-refractivity contribution in [1.29, 1.82) is 0 Å². The van der Waals surface area contributed by atoms with Crippen LogP contribution in [0.4, 0.5) is 0 Å². The molecule has 0 radical (unpaired) electrons. The van der Waals surface area contributed by atoms with Gasteiger partial charge < -0.3 is 9.15 Å². The van der Waals surface area contributed by atoms with Crippen LogP contribution in [0.1, 0.15) is 23.0 Å². The maximum atomic E-state index is 11.8. The Bertz CT molecular complexity index is 987. The monoisotopic (exact) mass is 410 g/mol. The number of rotatable bonds is 8. The minimum Gasteiger partial charge on any atom is -0.462 e. The minimum atomic E-state index is -0.362. The molecular formula is C20H18N4O4S. The zero-order valence-corrected chi connectivity index (χ0v) is 16.4. The molecule has 148 valence electrons. The number of nitrogens with zero attached hydrogens (tertiary/aromatic N) is 3. The van der Waals surface area contributed by atoms with Crippen LogP contribution >= 0.6 is 11.8 Å². The summed E-state index contributed by atoms with van der Waals surface area (Å²) in [6.45, 7) is 2.09. The van der Waals surface area contributed by atoms with E-state index >= 15 is 0 Å². The lowest BCUT2D eigenvalue weighted by Gasteiger charge is -2.02. The third kappa shape index (κ3) is 6.01. The van der Waals surface area contributed by atoms with Gasteiger partial charge in [-0.2, -0.15) is 5.10 Å². The Balaban J connectivity index is 1.52. The van der Waals surface area contributed by atoms with E-state index in [2.05, 4.69) is 20.5 Å². The number of carbonyl (C=O) groups is 2. The van der Waals surface area contributed by atoms with Crippen molar-refractivity contribution in [3.63, 3.8) is 0 Å². The summed E-state index contributed by atoms with van der Waals surface area (Å²) in [4.78, 5) is 31.5. The van der Waals surface area contributed by atoms with Crippen molar-refractivity contribution in [1.82, 2.24) is 15.4 Å². The van der Waals surface area contributed by atoms with E-state index in [1.807, 2.05) is 0 Å². The molecule has 0 aliphatic carbocycles. The number of hydrazone groups is 1. The molecule has 9 heteroatoms. The standard InChI is InChI=1S/C20H18N4O4S/c1-2-27-19(26)15-6-4-14(5-7-15)17-9-8-16(28-17)12-23-24-18(25)13-29-20-21-10-3-11-22-20/h3-12H,2,13H2,1H3,(H,24,25)/b23-12-. The average molecular weight is 410 g/mol. The fourth-order valence-electron chi connectivity index (χ4n) is 2.25. The summed E-state index contributed by atoms with van der Waals surface area (Å²) < 4.78 is 10.6. The minimum absolute atomic E-state index is 0.150. The zero-order valence-electron chi connectivity index (χ0n) is 15.6. The van der Waals surface area contributed by atoms with Crippen LogP contribution in [0, 0.1) is 0 Å². The molecule has 2 heterocycles. The van der Waals surface area contributed by atoms with Crippen LogP contribution < -0.4 is 5.43 Å². The van der Waals surface area contributed by atoms with Crippen molar-refractivity contribution < 1.29 is 18.7 Å². The van der Waals surface area contributed by atoms with Gasteiger partial charge in [-0.05, 0) is 37.3 Å². The molecule has 0 unspecified atom stereocenters. The summed E-state index contributed by atoms with van der Waals surface area (Å²) in [6, 6.07) is 12.1. The van der Waals surface area contributed by atoms with E-state index in [0.717, 1.165) is 5.56 Å². The lowest BCUT2D eigenvalue weighted by molar-refractivity contribution is -0.118. The van der Waals surface area contributed by atoms with Gasteiger partial charge in [-0.1, -0.05) is 23.9 Å². The Labute approximate surface area is 171 Å². The number of esters is 1. The fourth-order valence-corrected chi connectivity index (χ4v) is 2.85. The summed E-state index contributed by atoms with van der Waals surface area (Å²) >= 11 is 1.22. The molecule has 0 atom stereocenters. The smallest absolute Gasteiger partial charge is 0.338 e. The van der Waals surface area contributed by atoms with E-state index in [1.54, 1.807) is 61.8 Å². The number of benzene rings is 1. The van der Waals surface area contributed by atoms with Gasteiger partial charge in [0.2, 0.25) is 0 Å². The average Bonchev–Trinajstić information content (AvgIpc) is 3.22. The molecule has 0 bridgehead atoms. The molecule has 3 aromatic rings. The number of hydrogen-bond donors (Lipinski definition) is 1. The van der Waals surface area contributed by atoms with E-state index in [1.165, 1.54) is 18.0 Å². The molecule has 0 fully saturated rings. The van der Waals surface area contributed by atoms with Gasteiger partial charge in [-0.25, -0.2) is 20.2 Å². The summed E-state index contributed by atoms with van der Waals surface area (Å²) in [7, 11) is 0. The molecule has 0 aliphatic heterocycles. The van der Waals surface area contributed by atoms with Crippen molar-refractivity contribution in [2.75, 3.05) is 12.4 Å². The Kier molecular flexibility index (Phi) is 7.12. The number of nitrogens with one attached hydrogen (secondary N) is 1. The third-order valence-electron chi connectivity index (χ3n) is 3.56. The number of ether oxygens (including phenoxy) is 1. The highest BCUT2D eigenvalue weighted by Gasteiger charge is 2.08. The first-order valence-electron chi connectivity index (χ1n) is 8.75. The Hall–Kier alpha value is -3.46. The summed E-state index contributed by atoms with van der Waals surface area (Å²) in [5.41, 5.74) is 3.71. The van der Waals surface area contributed by atoms with Crippen LogP contribution in [0.3, 0.4) is 0 Å². The second-order valence-electron chi connectivity index (χ2n) is 5.61. The van der Waals surface area contributed by atoms with Crippen LogP contribution in [0.2, 0.25) is 0 Å². The van der Waals surface area contributed by atoms with Crippen molar-refractivity contribution >= 4 is 29.9 Å². The van der Waals surface area contributed by atoms with Gasteiger partial charge in [-0.3, -0.25) is 4.79 Å². The number of hydrogen-bond acceptors (Lipinski definition) is 8. The number of furan rings is 1. The Morgan fingerprint density at radius 2 is 1.93 bits per heavy atom. The molecular weight excluding hydrogens is 392 g/mol. The molecule has 1 amide bonds. The topological polar surface area (TPSA) is 107 Å². The summed E-state index contributed by atoms with van der Waals surface area (Å²) in [5.74, 6) is 0.607. The van der Waals surface area contributed by atoms with E-state index in [4.69, 9.17) is 9.15 Å². The fraction of sp³-hybridized carbons (Fsp3) is 0.150. The number of thioether (sulfide) groups is 1. The van der Waals surface area contributed by atoms with Crippen molar-refractivity contribution in [2.24, 2.45) is 5.10 Å². The van der Waals surface area contributed by atoms with Gasteiger partial charge in [0.25, 0.3) is 5.91 Å². The SMILES string of the molecule is CCOC(=O)c1ccc(-c2ccc(/C=N\NC(=O)CSc3ncccn3)o2)cc1. The number of amides is 1. The highest BCUT2D eigenvalue weighted by atomic mass is 32.2. The van der Waals surface area contributed by atoms with Crippen molar-refractivity contribution in [3.8, 4) is 11.3 Å².